The first-order valence-corrected chi connectivity index (χ1v) is 6.64. The smallest absolute Gasteiger partial charge is 0.197 e. The van der Waals surface area contributed by atoms with Crippen LogP contribution < -0.4 is 0 Å². The average Bonchev–Trinajstić information content (AvgIpc) is 2.74. The van der Waals surface area contributed by atoms with Crippen LogP contribution in [0.1, 0.15) is 18.0 Å². The van der Waals surface area contributed by atoms with Crippen molar-refractivity contribution >= 4 is 26.8 Å². The molecule has 0 saturated carbocycles. The Morgan fingerprint density at radius 3 is 2.88 bits per heavy atom. The van der Waals surface area contributed by atoms with Crippen molar-refractivity contribution in [3.63, 3.8) is 0 Å². The van der Waals surface area contributed by atoms with E-state index >= 15 is 0 Å². The van der Waals surface area contributed by atoms with Gasteiger partial charge in [0.25, 0.3) is 0 Å². The second-order valence-corrected chi connectivity index (χ2v) is 5.35. The predicted molar refractivity (Wildman–Crippen MR) is 72.1 cm³/mol. The van der Waals surface area contributed by atoms with Gasteiger partial charge < -0.3 is 4.90 Å². The Bertz CT molecular complexity index is 555. The molecule has 0 spiro atoms. The number of nitrogens with zero attached hydrogens (tertiary/aromatic N) is 3. The molecular weight excluding hydrogens is 278 g/mol. The van der Waals surface area contributed by atoms with E-state index in [1.807, 2.05) is 12.1 Å². The minimum absolute atomic E-state index is 0.532. The van der Waals surface area contributed by atoms with Crippen molar-refractivity contribution in [2.75, 3.05) is 20.1 Å². The molecule has 3 rings (SSSR count). The second-order valence-electron chi connectivity index (χ2n) is 4.64. The highest BCUT2D eigenvalue weighted by atomic mass is 79.9. The molecule has 1 unspecified atom stereocenters. The molecule has 1 aromatic carbocycles. The summed E-state index contributed by atoms with van der Waals surface area (Å²) in [5, 5.41) is 1.19. The summed E-state index contributed by atoms with van der Waals surface area (Å²) in [6.07, 6.45) is 1.18. The molecule has 0 N–H and O–H groups in total. The lowest BCUT2D eigenvalue weighted by molar-refractivity contribution is 0.411. The summed E-state index contributed by atoms with van der Waals surface area (Å²) < 4.78 is 0.695. The third-order valence-electron chi connectivity index (χ3n) is 3.38. The van der Waals surface area contributed by atoms with Gasteiger partial charge in [-0.2, -0.15) is 0 Å². The van der Waals surface area contributed by atoms with E-state index in [0.29, 0.717) is 10.7 Å². The first-order valence-electron chi connectivity index (χ1n) is 5.85. The van der Waals surface area contributed by atoms with E-state index < -0.39 is 0 Å². The normalized spacial score (nSPS) is 21.2. The zero-order valence-electron chi connectivity index (χ0n) is 9.73. The molecule has 1 aliphatic heterocycles. The maximum absolute atomic E-state index is 4.60. The van der Waals surface area contributed by atoms with Gasteiger partial charge in [0, 0.05) is 17.8 Å². The lowest BCUT2D eigenvalue weighted by Gasteiger charge is -2.12. The molecule has 1 fully saturated rings. The maximum atomic E-state index is 4.60. The third-order valence-corrected chi connectivity index (χ3v) is 3.74. The van der Waals surface area contributed by atoms with Crippen LogP contribution >= 0.6 is 15.9 Å². The highest BCUT2D eigenvalue weighted by Gasteiger charge is 2.24. The van der Waals surface area contributed by atoms with Crippen LogP contribution in [0.2, 0.25) is 0 Å². The van der Waals surface area contributed by atoms with Gasteiger partial charge in [-0.05, 0) is 42.0 Å². The van der Waals surface area contributed by atoms with E-state index in [2.05, 4.69) is 50.0 Å². The molecule has 3 nitrogen and oxygen atoms in total. The lowest BCUT2D eigenvalue weighted by Crippen LogP contribution is -2.14. The van der Waals surface area contributed by atoms with Gasteiger partial charge in [-0.25, -0.2) is 9.97 Å². The van der Waals surface area contributed by atoms with Crippen LogP contribution in [0.25, 0.3) is 10.9 Å². The highest BCUT2D eigenvalue weighted by molar-refractivity contribution is 9.10. The number of halogens is 1. The first-order chi connectivity index (χ1) is 8.24. The van der Waals surface area contributed by atoms with Gasteiger partial charge in [-0.1, -0.05) is 18.2 Å². The zero-order chi connectivity index (χ0) is 11.8. The van der Waals surface area contributed by atoms with E-state index in [4.69, 9.17) is 0 Å². The molecule has 1 aromatic heterocycles. The Balaban J connectivity index is 2.14. The van der Waals surface area contributed by atoms with Crippen molar-refractivity contribution in [1.29, 1.82) is 0 Å². The Kier molecular flexibility index (Phi) is 2.84. The van der Waals surface area contributed by atoms with Crippen molar-refractivity contribution in [2.24, 2.45) is 0 Å². The van der Waals surface area contributed by atoms with Crippen molar-refractivity contribution < 1.29 is 0 Å². The lowest BCUT2D eigenvalue weighted by atomic mass is 10.0. The van der Waals surface area contributed by atoms with Crippen LogP contribution in [-0.4, -0.2) is 35.0 Å². The summed E-state index contributed by atoms with van der Waals surface area (Å²) in [4.78, 5) is 11.4. The summed E-state index contributed by atoms with van der Waals surface area (Å²) in [5.41, 5.74) is 2.21. The van der Waals surface area contributed by atoms with Crippen LogP contribution in [0.4, 0.5) is 0 Å². The standard InChI is InChI=1S/C13H14BrN3/c1-17-7-6-9(8-17)12-10-4-2-3-5-11(10)15-13(14)16-12/h2-5,9H,6-8H2,1H3. The van der Waals surface area contributed by atoms with Crippen molar-refractivity contribution in [2.45, 2.75) is 12.3 Å². The predicted octanol–water partition coefficient (Wildman–Crippen LogP) is 2.81. The molecule has 2 heterocycles. The Morgan fingerprint density at radius 2 is 2.12 bits per heavy atom. The minimum atomic E-state index is 0.532. The fourth-order valence-corrected chi connectivity index (χ4v) is 2.92. The molecule has 4 heteroatoms. The first kappa shape index (κ1) is 11.1. The summed E-state index contributed by atoms with van der Waals surface area (Å²) in [6, 6.07) is 8.24. The Morgan fingerprint density at radius 1 is 1.29 bits per heavy atom. The van der Waals surface area contributed by atoms with Crippen LogP contribution in [0, 0.1) is 0 Å². The van der Waals surface area contributed by atoms with Crippen molar-refractivity contribution in [3.8, 4) is 0 Å². The van der Waals surface area contributed by atoms with Crippen molar-refractivity contribution in [3.05, 3.63) is 34.7 Å². The van der Waals surface area contributed by atoms with Crippen LogP contribution in [0.15, 0.2) is 29.0 Å². The highest BCUT2D eigenvalue weighted by Crippen LogP contribution is 2.30. The number of hydrogen-bond acceptors (Lipinski definition) is 3. The maximum Gasteiger partial charge on any atom is 0.197 e. The van der Waals surface area contributed by atoms with Crippen LogP contribution in [0.3, 0.4) is 0 Å². The van der Waals surface area contributed by atoms with Gasteiger partial charge in [-0.3, -0.25) is 0 Å². The molecule has 1 aliphatic rings. The fourth-order valence-electron chi connectivity index (χ4n) is 2.54. The van der Waals surface area contributed by atoms with Gasteiger partial charge in [0.05, 0.1) is 11.2 Å². The number of likely N-dealkylation sites (N-methyl/N-ethyl adjacent to an activating group) is 1. The molecule has 0 radical (unpaired) electrons. The largest absolute Gasteiger partial charge is 0.306 e. The van der Waals surface area contributed by atoms with E-state index in [-0.39, 0.29) is 0 Å². The number of hydrogen-bond donors (Lipinski definition) is 0. The zero-order valence-corrected chi connectivity index (χ0v) is 11.3. The van der Waals surface area contributed by atoms with Gasteiger partial charge in [-0.15, -0.1) is 0 Å². The molecule has 0 aliphatic carbocycles. The van der Waals surface area contributed by atoms with Gasteiger partial charge in [0.1, 0.15) is 0 Å². The number of fused-ring (bicyclic) bond motifs is 1. The molecule has 1 atom stereocenters. The quantitative estimate of drug-likeness (QED) is 0.757. The van der Waals surface area contributed by atoms with Gasteiger partial charge in [0.15, 0.2) is 4.73 Å². The number of para-hydroxylation sites is 1. The third kappa shape index (κ3) is 2.07. The van der Waals surface area contributed by atoms with E-state index in [0.717, 1.165) is 18.6 Å². The van der Waals surface area contributed by atoms with E-state index in [9.17, 15) is 0 Å². The topological polar surface area (TPSA) is 29.0 Å². The molecular formula is C13H14BrN3. The van der Waals surface area contributed by atoms with Crippen molar-refractivity contribution in [1.82, 2.24) is 14.9 Å². The molecule has 0 amide bonds. The fraction of sp³-hybridized carbons (Fsp3) is 0.385. The number of benzene rings is 1. The summed E-state index contributed by atoms with van der Waals surface area (Å²) in [6.45, 7) is 2.24. The Hall–Kier alpha value is -1.00. The average molecular weight is 292 g/mol. The molecule has 17 heavy (non-hydrogen) atoms. The number of likely N-dealkylation sites (tertiary alicyclic amines) is 1. The van der Waals surface area contributed by atoms with Gasteiger partial charge >= 0.3 is 0 Å². The van der Waals surface area contributed by atoms with E-state index in [1.165, 1.54) is 17.5 Å². The Labute approximate surface area is 109 Å². The monoisotopic (exact) mass is 291 g/mol. The molecule has 2 aromatic rings. The van der Waals surface area contributed by atoms with Crippen LogP contribution in [-0.2, 0) is 0 Å². The summed E-state index contributed by atoms with van der Waals surface area (Å²) >= 11 is 3.41. The number of aromatic nitrogens is 2. The molecule has 88 valence electrons. The van der Waals surface area contributed by atoms with Gasteiger partial charge in [0.2, 0.25) is 0 Å². The summed E-state index contributed by atoms with van der Waals surface area (Å²) in [5.74, 6) is 0.532. The number of rotatable bonds is 1. The van der Waals surface area contributed by atoms with E-state index in [1.54, 1.807) is 0 Å². The van der Waals surface area contributed by atoms with Crippen LogP contribution in [0.5, 0.6) is 0 Å². The molecule has 0 bridgehead atoms. The summed E-state index contributed by atoms with van der Waals surface area (Å²) in [7, 11) is 2.17. The second kappa shape index (κ2) is 4.35. The SMILES string of the molecule is CN1CCC(c2nc(Br)nc3ccccc23)C1. The molecule has 1 saturated heterocycles. The minimum Gasteiger partial charge on any atom is -0.306 e.